The molecule has 0 spiro atoms. The monoisotopic (exact) mass is 254 g/mol. The minimum atomic E-state index is 0.303. The van der Waals surface area contributed by atoms with E-state index in [2.05, 4.69) is 45.1 Å². The van der Waals surface area contributed by atoms with Gasteiger partial charge in [0, 0.05) is 30.0 Å². The number of nitrogens with zero attached hydrogens (tertiary/aromatic N) is 1. The largest absolute Gasteiger partial charge is 0.377 e. The summed E-state index contributed by atoms with van der Waals surface area (Å²) in [6.45, 7) is 9.15. The van der Waals surface area contributed by atoms with Crippen molar-refractivity contribution in [3.8, 4) is 0 Å². The van der Waals surface area contributed by atoms with Gasteiger partial charge in [-0.3, -0.25) is 0 Å². The SMILES string of the molecule is CC(CCN(C)C)NC1C2CCCOC2C1(C)C. The summed E-state index contributed by atoms with van der Waals surface area (Å²) in [5.41, 5.74) is 0.303. The van der Waals surface area contributed by atoms with Gasteiger partial charge >= 0.3 is 0 Å². The standard InChI is InChI=1S/C15H30N2O/c1-11(8-9-17(4)5)16-13-12-7-6-10-18-14(12)15(13,2)3/h11-14,16H,6-10H2,1-5H3. The van der Waals surface area contributed by atoms with E-state index in [-0.39, 0.29) is 0 Å². The predicted molar refractivity (Wildman–Crippen MR) is 75.8 cm³/mol. The predicted octanol–water partition coefficient (Wildman–Crippen LogP) is 2.12. The molecule has 2 fully saturated rings. The van der Waals surface area contributed by atoms with Crippen LogP contribution in [0.5, 0.6) is 0 Å². The van der Waals surface area contributed by atoms with Gasteiger partial charge in [-0.15, -0.1) is 0 Å². The van der Waals surface area contributed by atoms with E-state index >= 15 is 0 Å². The van der Waals surface area contributed by atoms with Crippen LogP contribution in [-0.4, -0.2) is 50.3 Å². The molecule has 0 aromatic heterocycles. The maximum Gasteiger partial charge on any atom is 0.0684 e. The van der Waals surface area contributed by atoms with Crippen molar-refractivity contribution < 1.29 is 4.74 Å². The van der Waals surface area contributed by atoms with Gasteiger partial charge in [0.25, 0.3) is 0 Å². The molecule has 106 valence electrons. The zero-order valence-corrected chi connectivity index (χ0v) is 12.7. The first-order chi connectivity index (χ1) is 8.43. The second-order valence-electron chi connectivity index (χ2n) is 7.06. The number of fused-ring (bicyclic) bond motifs is 1. The van der Waals surface area contributed by atoms with Crippen LogP contribution in [0, 0.1) is 11.3 Å². The molecule has 0 bridgehead atoms. The molecule has 4 unspecified atom stereocenters. The van der Waals surface area contributed by atoms with E-state index in [1.54, 1.807) is 0 Å². The van der Waals surface area contributed by atoms with Gasteiger partial charge in [0.1, 0.15) is 0 Å². The fourth-order valence-corrected chi connectivity index (χ4v) is 3.70. The lowest BCUT2D eigenvalue weighted by Gasteiger charge is -2.60. The molecule has 1 aliphatic carbocycles. The van der Waals surface area contributed by atoms with Gasteiger partial charge in [0.2, 0.25) is 0 Å². The summed E-state index contributed by atoms with van der Waals surface area (Å²) in [5.74, 6) is 0.746. The van der Waals surface area contributed by atoms with Crippen molar-refractivity contribution in [3.63, 3.8) is 0 Å². The van der Waals surface area contributed by atoms with E-state index in [0.29, 0.717) is 23.6 Å². The smallest absolute Gasteiger partial charge is 0.0684 e. The van der Waals surface area contributed by atoms with Crippen molar-refractivity contribution >= 4 is 0 Å². The van der Waals surface area contributed by atoms with E-state index in [1.165, 1.54) is 19.3 Å². The van der Waals surface area contributed by atoms with Crippen molar-refractivity contribution in [2.75, 3.05) is 27.2 Å². The highest BCUT2D eigenvalue weighted by molar-refractivity contribution is 5.10. The highest BCUT2D eigenvalue weighted by atomic mass is 16.5. The number of ether oxygens (including phenoxy) is 1. The minimum Gasteiger partial charge on any atom is -0.377 e. The molecule has 1 saturated heterocycles. The van der Waals surface area contributed by atoms with Gasteiger partial charge in [0.05, 0.1) is 6.10 Å². The van der Waals surface area contributed by atoms with E-state index in [4.69, 9.17) is 4.74 Å². The molecule has 3 heteroatoms. The summed E-state index contributed by atoms with van der Waals surface area (Å²) in [5, 5.41) is 3.85. The Morgan fingerprint density at radius 3 is 2.78 bits per heavy atom. The second-order valence-corrected chi connectivity index (χ2v) is 7.06. The van der Waals surface area contributed by atoms with Crippen molar-refractivity contribution in [2.24, 2.45) is 11.3 Å². The maximum absolute atomic E-state index is 5.95. The zero-order chi connectivity index (χ0) is 13.3. The van der Waals surface area contributed by atoms with E-state index in [1.807, 2.05) is 0 Å². The topological polar surface area (TPSA) is 24.5 Å². The molecule has 1 aliphatic heterocycles. The summed E-state index contributed by atoms with van der Waals surface area (Å²) < 4.78 is 5.95. The maximum atomic E-state index is 5.95. The molecule has 0 aromatic carbocycles. The number of hydrogen-bond donors (Lipinski definition) is 1. The Hall–Kier alpha value is -0.120. The van der Waals surface area contributed by atoms with Crippen LogP contribution in [-0.2, 0) is 4.74 Å². The Kier molecular flexibility index (Phi) is 4.35. The molecule has 1 saturated carbocycles. The van der Waals surface area contributed by atoms with Crippen LogP contribution in [0.4, 0.5) is 0 Å². The first-order valence-corrected chi connectivity index (χ1v) is 7.45. The number of nitrogens with one attached hydrogen (secondary N) is 1. The molecule has 1 N–H and O–H groups in total. The molecule has 2 rings (SSSR count). The zero-order valence-electron chi connectivity index (χ0n) is 12.7. The van der Waals surface area contributed by atoms with Crippen LogP contribution >= 0.6 is 0 Å². The highest BCUT2D eigenvalue weighted by Crippen LogP contribution is 2.51. The van der Waals surface area contributed by atoms with Crippen LogP contribution in [0.3, 0.4) is 0 Å². The molecule has 1 heterocycles. The highest BCUT2D eigenvalue weighted by Gasteiger charge is 2.57. The second kappa shape index (κ2) is 5.48. The summed E-state index contributed by atoms with van der Waals surface area (Å²) in [6, 6.07) is 1.24. The molecular weight excluding hydrogens is 224 g/mol. The molecule has 3 nitrogen and oxygen atoms in total. The molecule has 0 amide bonds. The van der Waals surface area contributed by atoms with Crippen LogP contribution in [0.1, 0.15) is 40.0 Å². The first-order valence-electron chi connectivity index (χ1n) is 7.45. The van der Waals surface area contributed by atoms with E-state index in [0.717, 1.165) is 19.1 Å². The summed E-state index contributed by atoms with van der Waals surface area (Å²) in [4.78, 5) is 2.26. The first kappa shape index (κ1) is 14.3. The Bertz CT molecular complexity index is 278. The van der Waals surface area contributed by atoms with Gasteiger partial charge in [0.15, 0.2) is 0 Å². The fourth-order valence-electron chi connectivity index (χ4n) is 3.70. The minimum absolute atomic E-state index is 0.303. The fraction of sp³-hybridized carbons (Fsp3) is 1.00. The van der Waals surface area contributed by atoms with Crippen LogP contribution in [0.15, 0.2) is 0 Å². The molecule has 2 aliphatic rings. The third kappa shape index (κ3) is 2.73. The van der Waals surface area contributed by atoms with Crippen molar-refractivity contribution in [3.05, 3.63) is 0 Å². The van der Waals surface area contributed by atoms with Crippen LogP contribution in [0.2, 0.25) is 0 Å². The normalized spacial score (nSPS) is 36.0. The lowest BCUT2D eigenvalue weighted by Crippen LogP contribution is -2.70. The average Bonchev–Trinajstić information content (AvgIpc) is 2.33. The summed E-state index contributed by atoms with van der Waals surface area (Å²) in [7, 11) is 4.29. The molecule has 4 atom stereocenters. The Morgan fingerprint density at radius 2 is 2.11 bits per heavy atom. The third-order valence-corrected chi connectivity index (χ3v) is 4.80. The van der Waals surface area contributed by atoms with Crippen molar-refractivity contribution in [2.45, 2.75) is 58.2 Å². The summed E-state index contributed by atoms with van der Waals surface area (Å²) in [6.07, 6.45) is 4.29. The average molecular weight is 254 g/mol. The quantitative estimate of drug-likeness (QED) is 0.813. The van der Waals surface area contributed by atoms with Gasteiger partial charge < -0.3 is 15.0 Å². The summed E-state index contributed by atoms with van der Waals surface area (Å²) >= 11 is 0. The van der Waals surface area contributed by atoms with Crippen LogP contribution in [0.25, 0.3) is 0 Å². The molecule has 0 radical (unpaired) electrons. The Morgan fingerprint density at radius 1 is 1.39 bits per heavy atom. The van der Waals surface area contributed by atoms with E-state index < -0.39 is 0 Å². The molecule has 18 heavy (non-hydrogen) atoms. The van der Waals surface area contributed by atoms with Crippen LogP contribution < -0.4 is 5.32 Å². The molecule has 0 aromatic rings. The number of hydrogen-bond acceptors (Lipinski definition) is 3. The van der Waals surface area contributed by atoms with E-state index in [9.17, 15) is 0 Å². The Balaban J connectivity index is 1.85. The Labute approximate surface area is 112 Å². The van der Waals surface area contributed by atoms with Crippen molar-refractivity contribution in [1.82, 2.24) is 10.2 Å². The molecular formula is C15H30N2O. The van der Waals surface area contributed by atoms with Gasteiger partial charge in [-0.2, -0.15) is 0 Å². The number of rotatable bonds is 5. The lowest BCUT2D eigenvalue weighted by molar-refractivity contribution is -0.194. The lowest BCUT2D eigenvalue weighted by atomic mass is 9.55. The van der Waals surface area contributed by atoms with Gasteiger partial charge in [-0.05, 0) is 46.8 Å². The van der Waals surface area contributed by atoms with Gasteiger partial charge in [-0.25, -0.2) is 0 Å². The van der Waals surface area contributed by atoms with Crippen molar-refractivity contribution in [1.29, 1.82) is 0 Å². The third-order valence-electron chi connectivity index (χ3n) is 4.80. The van der Waals surface area contributed by atoms with Gasteiger partial charge in [-0.1, -0.05) is 13.8 Å².